The number of aryl methyl sites for hydroxylation is 1. The quantitative estimate of drug-likeness (QED) is 0.659. The fraction of sp³-hybridized carbons (Fsp3) is 0.333. The maximum absolute atomic E-state index is 13.3. The Morgan fingerprint density at radius 1 is 1.06 bits per heavy atom. The van der Waals surface area contributed by atoms with E-state index >= 15 is 0 Å². The third kappa shape index (κ3) is 3.44. The zero-order valence-electron chi connectivity index (χ0n) is 17.4. The highest BCUT2D eigenvalue weighted by molar-refractivity contribution is 6.04. The number of amides is 1. The fourth-order valence-corrected chi connectivity index (χ4v) is 4.38. The molecule has 0 spiro atoms. The lowest BCUT2D eigenvalue weighted by Gasteiger charge is -2.37. The second-order valence-corrected chi connectivity index (χ2v) is 8.26. The number of hydrogen-bond donors (Lipinski definition) is 0. The summed E-state index contributed by atoms with van der Waals surface area (Å²) in [4.78, 5) is 29.8. The van der Waals surface area contributed by atoms with Gasteiger partial charge >= 0.3 is 0 Å². The van der Waals surface area contributed by atoms with Crippen LogP contribution in [0.4, 0.5) is 5.69 Å². The molecule has 2 heterocycles. The second-order valence-electron chi connectivity index (χ2n) is 8.26. The van der Waals surface area contributed by atoms with Gasteiger partial charge in [0, 0.05) is 44.3 Å². The Balaban J connectivity index is 1.39. The molecule has 2 aliphatic rings. The molecule has 0 atom stereocenters. The summed E-state index contributed by atoms with van der Waals surface area (Å²) in [5.74, 6) is 0.434. The van der Waals surface area contributed by atoms with Crippen molar-refractivity contribution in [1.82, 2.24) is 14.7 Å². The van der Waals surface area contributed by atoms with Gasteiger partial charge in [-0.05, 0) is 42.5 Å². The van der Waals surface area contributed by atoms with Crippen LogP contribution < -0.4 is 10.5 Å². The maximum atomic E-state index is 13.3. The third-order valence-corrected chi connectivity index (χ3v) is 6.24. The third-order valence-electron chi connectivity index (χ3n) is 6.24. The number of nitrogens with zero attached hydrogens (tertiary/aromatic N) is 5. The zero-order chi connectivity index (χ0) is 21.5. The molecule has 31 heavy (non-hydrogen) atoms. The van der Waals surface area contributed by atoms with Crippen molar-refractivity contribution < 1.29 is 4.79 Å². The van der Waals surface area contributed by atoms with Gasteiger partial charge in [0.1, 0.15) is 0 Å². The first-order valence-corrected chi connectivity index (χ1v) is 10.6. The Bertz CT molecular complexity index is 1280. The first-order valence-electron chi connectivity index (χ1n) is 10.6. The molecular weight excluding hydrogens is 390 g/mol. The van der Waals surface area contributed by atoms with E-state index in [2.05, 4.69) is 22.1 Å². The van der Waals surface area contributed by atoms with Crippen molar-refractivity contribution in [3.05, 3.63) is 69.6 Å². The van der Waals surface area contributed by atoms with E-state index < -0.39 is 0 Å². The number of carbonyl (C=O) groups excluding carboxylic acids is 1. The monoisotopic (exact) mass is 413 g/mol. The molecule has 1 saturated carbocycles. The summed E-state index contributed by atoms with van der Waals surface area (Å²) < 4.78 is 1.24. The van der Waals surface area contributed by atoms with Crippen LogP contribution in [0.25, 0.3) is 10.8 Å². The molecular formula is C24H23N5O2. The maximum Gasteiger partial charge on any atom is 0.275 e. The number of nitriles is 1. The molecule has 1 aromatic heterocycles. The predicted molar refractivity (Wildman–Crippen MR) is 118 cm³/mol. The van der Waals surface area contributed by atoms with Gasteiger partial charge in [-0.2, -0.15) is 10.4 Å². The molecule has 1 saturated heterocycles. The molecule has 0 unspecified atom stereocenters. The molecule has 156 valence electrons. The van der Waals surface area contributed by atoms with E-state index in [4.69, 9.17) is 0 Å². The Morgan fingerprint density at radius 3 is 2.45 bits per heavy atom. The van der Waals surface area contributed by atoms with Gasteiger partial charge in [0.05, 0.1) is 17.0 Å². The van der Waals surface area contributed by atoms with Crippen molar-refractivity contribution in [3.8, 4) is 6.07 Å². The average molecular weight is 413 g/mol. The molecule has 0 radical (unpaired) electrons. The van der Waals surface area contributed by atoms with Crippen LogP contribution in [0.2, 0.25) is 0 Å². The van der Waals surface area contributed by atoms with Gasteiger partial charge in [-0.15, -0.1) is 0 Å². The summed E-state index contributed by atoms with van der Waals surface area (Å²) in [6.45, 7) is 2.53. The highest BCUT2D eigenvalue weighted by Gasteiger charge is 2.30. The van der Waals surface area contributed by atoms with Crippen LogP contribution in [0, 0.1) is 11.3 Å². The molecule has 3 aromatic rings. The van der Waals surface area contributed by atoms with Gasteiger partial charge < -0.3 is 9.80 Å². The molecule has 7 heteroatoms. The topological polar surface area (TPSA) is 82.2 Å². The number of hydrogen-bond acceptors (Lipinski definition) is 5. The molecule has 5 rings (SSSR count). The largest absolute Gasteiger partial charge is 0.368 e. The van der Waals surface area contributed by atoms with E-state index in [-0.39, 0.29) is 11.5 Å². The van der Waals surface area contributed by atoms with E-state index in [0.717, 1.165) is 5.69 Å². The summed E-state index contributed by atoms with van der Waals surface area (Å²) in [5.41, 5.74) is 3.21. The Kier molecular flexibility index (Phi) is 4.70. The minimum atomic E-state index is -0.207. The van der Waals surface area contributed by atoms with E-state index in [0.29, 0.717) is 54.1 Å². The molecule has 1 aliphatic heterocycles. The number of piperazine rings is 1. The Morgan fingerprint density at radius 2 is 1.77 bits per heavy atom. The number of carbonyl (C=O) groups is 1. The number of fused-ring (bicyclic) bond motifs is 1. The van der Waals surface area contributed by atoms with Crippen LogP contribution in [0.3, 0.4) is 0 Å². The number of aromatic nitrogens is 2. The minimum absolute atomic E-state index is 0.153. The summed E-state index contributed by atoms with van der Waals surface area (Å²) in [6, 6.07) is 15.3. The highest BCUT2D eigenvalue weighted by atomic mass is 16.2. The van der Waals surface area contributed by atoms with Crippen LogP contribution >= 0.6 is 0 Å². The van der Waals surface area contributed by atoms with Gasteiger partial charge in [0.2, 0.25) is 0 Å². The summed E-state index contributed by atoms with van der Waals surface area (Å²) >= 11 is 0. The molecule has 1 aliphatic carbocycles. The SMILES string of the molecule is Cn1nc(C(=O)N2CCN(c3cc(C#N)ccc3C3CC3)CC2)c2ccccc2c1=O. The average Bonchev–Trinajstić information content (AvgIpc) is 3.66. The molecule has 0 bridgehead atoms. The van der Waals surface area contributed by atoms with Crippen molar-refractivity contribution in [2.24, 2.45) is 7.05 Å². The van der Waals surface area contributed by atoms with Gasteiger partial charge in [0.15, 0.2) is 5.69 Å². The van der Waals surface area contributed by atoms with E-state index in [9.17, 15) is 14.9 Å². The van der Waals surface area contributed by atoms with Crippen LogP contribution in [-0.2, 0) is 7.05 Å². The van der Waals surface area contributed by atoms with Gasteiger partial charge in [-0.3, -0.25) is 9.59 Å². The molecule has 2 aromatic carbocycles. The van der Waals surface area contributed by atoms with E-state index in [1.54, 1.807) is 30.1 Å². The van der Waals surface area contributed by atoms with Crippen LogP contribution in [0.1, 0.15) is 40.4 Å². The Hall–Kier alpha value is -3.66. The lowest BCUT2D eigenvalue weighted by molar-refractivity contribution is 0.0740. The molecule has 0 N–H and O–H groups in total. The van der Waals surface area contributed by atoms with Crippen molar-refractivity contribution in [3.63, 3.8) is 0 Å². The lowest BCUT2D eigenvalue weighted by atomic mass is 10.0. The highest BCUT2D eigenvalue weighted by Crippen LogP contribution is 2.44. The van der Waals surface area contributed by atoms with Crippen LogP contribution in [-0.4, -0.2) is 46.8 Å². The van der Waals surface area contributed by atoms with Crippen molar-refractivity contribution >= 4 is 22.4 Å². The first-order chi connectivity index (χ1) is 15.1. The number of anilines is 1. The van der Waals surface area contributed by atoms with Gasteiger partial charge in [0.25, 0.3) is 11.5 Å². The zero-order valence-corrected chi connectivity index (χ0v) is 17.4. The minimum Gasteiger partial charge on any atom is -0.368 e. The van der Waals surface area contributed by atoms with Gasteiger partial charge in [-0.1, -0.05) is 24.3 Å². The van der Waals surface area contributed by atoms with Crippen LogP contribution in [0.5, 0.6) is 0 Å². The summed E-state index contributed by atoms with van der Waals surface area (Å²) in [7, 11) is 1.57. The van der Waals surface area contributed by atoms with Gasteiger partial charge in [-0.25, -0.2) is 4.68 Å². The normalized spacial score (nSPS) is 16.4. The Labute approximate surface area is 180 Å². The van der Waals surface area contributed by atoms with E-state index in [1.165, 1.54) is 23.1 Å². The van der Waals surface area contributed by atoms with Crippen molar-refractivity contribution in [2.45, 2.75) is 18.8 Å². The summed E-state index contributed by atoms with van der Waals surface area (Å²) in [6.07, 6.45) is 2.39. The lowest BCUT2D eigenvalue weighted by Crippen LogP contribution is -2.49. The fourth-order valence-electron chi connectivity index (χ4n) is 4.38. The smallest absolute Gasteiger partial charge is 0.275 e. The number of rotatable bonds is 3. The van der Waals surface area contributed by atoms with Crippen LogP contribution in [0.15, 0.2) is 47.3 Å². The predicted octanol–water partition coefficient (Wildman–Crippen LogP) is 2.64. The standard InChI is InChI=1S/C24H23N5O2/c1-27-23(30)20-5-3-2-4-19(20)22(26-27)24(31)29-12-10-28(11-13-29)21-14-16(15-25)6-9-18(21)17-7-8-17/h2-6,9,14,17H,7-8,10-13H2,1H3. The first kappa shape index (κ1) is 19.3. The second kappa shape index (κ2) is 7.55. The molecule has 1 amide bonds. The van der Waals surface area contributed by atoms with Crippen molar-refractivity contribution in [1.29, 1.82) is 5.26 Å². The van der Waals surface area contributed by atoms with E-state index in [1.807, 2.05) is 18.2 Å². The number of benzene rings is 2. The molecule has 2 fully saturated rings. The summed E-state index contributed by atoms with van der Waals surface area (Å²) in [5, 5.41) is 14.7. The van der Waals surface area contributed by atoms with Crippen molar-refractivity contribution in [2.75, 3.05) is 31.1 Å². The molecule has 7 nitrogen and oxygen atoms in total.